The zero-order valence-corrected chi connectivity index (χ0v) is 14.6. The number of fused-ring (bicyclic) bond motifs is 1. The van der Waals surface area contributed by atoms with E-state index in [-0.39, 0.29) is 5.56 Å². The third-order valence-corrected chi connectivity index (χ3v) is 4.86. The molecule has 0 aliphatic carbocycles. The van der Waals surface area contributed by atoms with Crippen molar-refractivity contribution in [3.05, 3.63) is 80.2 Å². The lowest BCUT2D eigenvalue weighted by atomic mass is 10.0. The average molecular weight is 350 g/mol. The maximum absolute atomic E-state index is 13.0. The second-order valence-corrected chi connectivity index (χ2v) is 6.46. The Morgan fingerprint density at radius 1 is 1.12 bits per heavy atom. The molecule has 4 nitrogen and oxygen atoms in total. The molecule has 1 aromatic heterocycles. The molecule has 0 spiro atoms. The fourth-order valence-corrected chi connectivity index (χ4v) is 3.22. The molecule has 1 N–H and O–H groups in total. The van der Waals surface area contributed by atoms with E-state index in [1.54, 1.807) is 10.9 Å². The van der Waals surface area contributed by atoms with Crippen LogP contribution in [0.25, 0.3) is 17.3 Å². The van der Waals surface area contributed by atoms with Crippen molar-refractivity contribution >= 4 is 35.2 Å². The molecule has 0 amide bonds. The van der Waals surface area contributed by atoms with Crippen molar-refractivity contribution in [2.75, 3.05) is 0 Å². The number of halogens is 1. The van der Waals surface area contributed by atoms with E-state index in [4.69, 9.17) is 11.6 Å². The van der Waals surface area contributed by atoms with E-state index in [1.165, 1.54) is 0 Å². The fourth-order valence-electron chi connectivity index (χ4n) is 3.05. The van der Waals surface area contributed by atoms with Crippen molar-refractivity contribution in [2.24, 2.45) is 4.99 Å². The van der Waals surface area contributed by atoms with E-state index in [0.29, 0.717) is 10.6 Å². The van der Waals surface area contributed by atoms with Gasteiger partial charge < -0.3 is 0 Å². The average Bonchev–Trinajstić information content (AvgIpc) is 3.14. The first-order valence-corrected chi connectivity index (χ1v) is 8.36. The second kappa shape index (κ2) is 5.90. The quantitative estimate of drug-likeness (QED) is 0.716. The summed E-state index contributed by atoms with van der Waals surface area (Å²) >= 11 is 6.20. The third kappa shape index (κ3) is 2.55. The van der Waals surface area contributed by atoms with Crippen LogP contribution in [-0.2, 0) is 0 Å². The Kier molecular flexibility index (Phi) is 3.70. The molecule has 1 aliphatic heterocycles. The summed E-state index contributed by atoms with van der Waals surface area (Å²) in [5.41, 5.74) is 5.83. The van der Waals surface area contributed by atoms with Gasteiger partial charge in [-0.25, -0.2) is 4.68 Å². The van der Waals surface area contributed by atoms with Crippen LogP contribution in [0.3, 0.4) is 0 Å². The lowest BCUT2D eigenvalue weighted by Crippen LogP contribution is -2.17. The van der Waals surface area contributed by atoms with Gasteiger partial charge in [-0.3, -0.25) is 14.9 Å². The van der Waals surface area contributed by atoms with Gasteiger partial charge in [-0.15, -0.1) is 0 Å². The van der Waals surface area contributed by atoms with Crippen LogP contribution in [0.4, 0.5) is 5.69 Å². The standard InChI is InChI=1S/C20H16ClN3O/c1-12-17(21)7-5-9-19(12)24-20(25)16(13(2)23-24)10-14-11-22-18-8-4-3-6-15(14)18/h3-11,23H,1-2H3/b14-10+. The van der Waals surface area contributed by atoms with Crippen LogP contribution in [-0.4, -0.2) is 16.0 Å². The Hall–Kier alpha value is -2.85. The smallest absolute Gasteiger partial charge is 0.278 e. The maximum Gasteiger partial charge on any atom is 0.278 e. The summed E-state index contributed by atoms with van der Waals surface area (Å²) in [6.07, 6.45) is 3.69. The molecule has 2 aromatic carbocycles. The number of nitrogens with zero attached hydrogens (tertiary/aromatic N) is 2. The number of benzene rings is 2. The molecule has 0 fully saturated rings. The molecule has 25 heavy (non-hydrogen) atoms. The fraction of sp³-hybridized carbons (Fsp3) is 0.100. The number of H-pyrrole nitrogens is 1. The Bertz CT molecular complexity index is 1100. The molecule has 0 atom stereocenters. The topological polar surface area (TPSA) is 50.1 Å². The van der Waals surface area contributed by atoms with Gasteiger partial charge in [0.1, 0.15) is 0 Å². The monoisotopic (exact) mass is 349 g/mol. The molecule has 2 heterocycles. The number of aromatic amines is 1. The predicted octanol–water partition coefficient (Wildman–Crippen LogP) is 4.69. The van der Waals surface area contributed by atoms with Gasteiger partial charge in [0.15, 0.2) is 0 Å². The molecule has 124 valence electrons. The van der Waals surface area contributed by atoms with Gasteiger partial charge in [-0.05, 0) is 43.7 Å². The van der Waals surface area contributed by atoms with Crippen molar-refractivity contribution < 1.29 is 0 Å². The van der Waals surface area contributed by atoms with Crippen molar-refractivity contribution in [2.45, 2.75) is 13.8 Å². The van der Waals surface area contributed by atoms with Crippen LogP contribution in [0.15, 0.2) is 52.3 Å². The zero-order valence-electron chi connectivity index (χ0n) is 13.9. The number of allylic oxidation sites excluding steroid dienone is 1. The molecule has 4 rings (SSSR count). The van der Waals surface area contributed by atoms with E-state index in [0.717, 1.165) is 33.8 Å². The number of aromatic nitrogens is 2. The van der Waals surface area contributed by atoms with Gasteiger partial charge in [0.25, 0.3) is 5.56 Å². The largest absolute Gasteiger partial charge is 0.295 e. The Labute approximate surface area is 150 Å². The first-order chi connectivity index (χ1) is 12.1. The van der Waals surface area contributed by atoms with Crippen LogP contribution >= 0.6 is 11.6 Å². The minimum absolute atomic E-state index is 0.104. The van der Waals surface area contributed by atoms with Gasteiger partial charge in [0.2, 0.25) is 0 Å². The molecule has 0 saturated carbocycles. The molecule has 5 heteroatoms. The zero-order chi connectivity index (χ0) is 17.6. The van der Waals surface area contributed by atoms with E-state index in [1.807, 2.05) is 62.4 Å². The number of aryl methyl sites for hydroxylation is 1. The predicted molar refractivity (Wildman–Crippen MR) is 103 cm³/mol. The normalized spacial score (nSPS) is 14.3. The number of rotatable bonds is 2. The number of para-hydroxylation sites is 1. The van der Waals surface area contributed by atoms with Crippen LogP contribution in [0, 0.1) is 13.8 Å². The summed E-state index contributed by atoms with van der Waals surface area (Å²) in [5, 5.41) is 3.78. The first kappa shape index (κ1) is 15.7. The minimum atomic E-state index is -0.104. The van der Waals surface area contributed by atoms with Crippen LogP contribution in [0.5, 0.6) is 0 Å². The SMILES string of the molecule is Cc1[nH]n(-c2cccc(Cl)c2C)c(=O)c1/C=C1\C=Nc2ccccc21. The summed E-state index contributed by atoms with van der Waals surface area (Å²) < 4.78 is 1.54. The highest BCUT2D eigenvalue weighted by atomic mass is 35.5. The van der Waals surface area contributed by atoms with Crippen molar-refractivity contribution in [3.8, 4) is 5.69 Å². The highest BCUT2D eigenvalue weighted by Crippen LogP contribution is 2.32. The first-order valence-electron chi connectivity index (χ1n) is 7.98. The molecule has 1 aliphatic rings. The van der Waals surface area contributed by atoms with E-state index >= 15 is 0 Å². The Balaban J connectivity index is 1.86. The summed E-state index contributed by atoms with van der Waals surface area (Å²) in [6, 6.07) is 13.4. The van der Waals surface area contributed by atoms with Crippen LogP contribution in [0.2, 0.25) is 5.02 Å². The van der Waals surface area contributed by atoms with Crippen LogP contribution < -0.4 is 5.56 Å². The van der Waals surface area contributed by atoms with Crippen LogP contribution in [0.1, 0.15) is 22.4 Å². The van der Waals surface area contributed by atoms with Crippen molar-refractivity contribution in [3.63, 3.8) is 0 Å². The van der Waals surface area contributed by atoms with Gasteiger partial charge in [-0.2, -0.15) is 0 Å². The Morgan fingerprint density at radius 3 is 2.76 bits per heavy atom. The molecule has 0 radical (unpaired) electrons. The van der Waals surface area contributed by atoms with Gasteiger partial charge >= 0.3 is 0 Å². The third-order valence-electron chi connectivity index (χ3n) is 4.45. The highest BCUT2D eigenvalue weighted by molar-refractivity contribution is 6.31. The minimum Gasteiger partial charge on any atom is -0.295 e. The molecule has 0 bridgehead atoms. The lowest BCUT2D eigenvalue weighted by Gasteiger charge is -2.07. The second-order valence-electron chi connectivity index (χ2n) is 6.05. The van der Waals surface area contributed by atoms with E-state index in [2.05, 4.69) is 10.1 Å². The number of hydrogen-bond acceptors (Lipinski definition) is 2. The Morgan fingerprint density at radius 2 is 1.92 bits per heavy atom. The molecular formula is C20H16ClN3O. The maximum atomic E-state index is 13.0. The highest BCUT2D eigenvalue weighted by Gasteiger charge is 2.16. The van der Waals surface area contributed by atoms with E-state index in [9.17, 15) is 4.79 Å². The van der Waals surface area contributed by atoms with Crippen molar-refractivity contribution in [1.29, 1.82) is 0 Å². The number of nitrogens with one attached hydrogen (secondary N) is 1. The van der Waals surface area contributed by atoms with Gasteiger partial charge in [0.05, 0.1) is 16.9 Å². The number of hydrogen-bond donors (Lipinski definition) is 1. The van der Waals surface area contributed by atoms with E-state index < -0.39 is 0 Å². The molecule has 0 unspecified atom stereocenters. The number of aliphatic imine (C=N–C) groups is 1. The van der Waals surface area contributed by atoms with Crippen molar-refractivity contribution in [1.82, 2.24) is 9.78 Å². The molecule has 3 aromatic rings. The molecule has 0 saturated heterocycles. The summed E-state index contributed by atoms with van der Waals surface area (Å²) in [4.78, 5) is 17.4. The summed E-state index contributed by atoms with van der Waals surface area (Å²) in [6.45, 7) is 3.79. The summed E-state index contributed by atoms with van der Waals surface area (Å²) in [7, 11) is 0. The van der Waals surface area contributed by atoms with Gasteiger partial charge in [-0.1, -0.05) is 35.9 Å². The molecular weight excluding hydrogens is 334 g/mol. The lowest BCUT2D eigenvalue weighted by molar-refractivity contribution is 0.829. The van der Waals surface area contributed by atoms with Gasteiger partial charge in [0, 0.05) is 28.1 Å². The summed E-state index contributed by atoms with van der Waals surface area (Å²) in [5.74, 6) is 0.